The van der Waals surface area contributed by atoms with Crippen LogP contribution in [0.1, 0.15) is 67.9 Å². The molecular weight excluding hydrogens is 719 g/mol. The first-order valence-electron chi connectivity index (χ1n) is 16.5. The van der Waals surface area contributed by atoms with Gasteiger partial charge in [0, 0.05) is 57.3 Å². The highest BCUT2D eigenvalue weighted by Gasteiger charge is 2.38. The molecule has 52 heavy (non-hydrogen) atoms. The molecular formula is C34H41N4O12PS. The first kappa shape index (κ1) is 40.2. The fraction of sp³-hybridized carbons (Fsp3) is 0.441. The quantitative estimate of drug-likeness (QED) is 0.0609. The zero-order valence-electron chi connectivity index (χ0n) is 29.0. The summed E-state index contributed by atoms with van der Waals surface area (Å²) in [7, 11) is -2.18. The highest BCUT2D eigenvalue weighted by atomic mass is 32.2. The highest BCUT2D eigenvalue weighted by Crippen LogP contribution is 2.42. The number of hydrogen-bond donors (Lipinski definition) is 3. The molecule has 0 radical (unpaired) electrons. The van der Waals surface area contributed by atoms with E-state index in [-0.39, 0.29) is 97.7 Å². The van der Waals surface area contributed by atoms with Gasteiger partial charge in [-0.15, -0.1) is 11.8 Å². The number of Topliss-reactive ketones (excluding diaryl/α,β-unsaturated/α-hetero) is 2. The van der Waals surface area contributed by atoms with Crippen LogP contribution in [0.25, 0.3) is 11.0 Å². The number of carbonyl (C=O) groups excluding carboxylic acids is 5. The van der Waals surface area contributed by atoms with Gasteiger partial charge in [0.15, 0.2) is 11.5 Å². The first-order valence-corrected chi connectivity index (χ1v) is 19.1. The predicted octanol–water partition coefficient (Wildman–Crippen LogP) is 3.79. The summed E-state index contributed by atoms with van der Waals surface area (Å²) in [6.07, 6.45) is 1.79. The summed E-state index contributed by atoms with van der Waals surface area (Å²) in [5, 5.41) is 2.21. The molecule has 0 spiro atoms. The molecule has 0 aliphatic carbocycles. The Morgan fingerprint density at radius 1 is 1.00 bits per heavy atom. The molecule has 2 aromatic carbocycles. The number of ether oxygens (including phenoxy) is 3. The lowest BCUT2D eigenvalue weighted by atomic mass is 10.1. The monoisotopic (exact) mass is 760 g/mol. The molecule has 280 valence electrons. The maximum atomic E-state index is 13.4. The Morgan fingerprint density at radius 2 is 1.67 bits per heavy atom. The van der Waals surface area contributed by atoms with Gasteiger partial charge in [0.25, 0.3) is 0 Å². The zero-order chi connectivity index (χ0) is 37.8. The van der Waals surface area contributed by atoms with Crippen LogP contribution < -0.4 is 24.1 Å². The number of fused-ring (bicyclic) bond motifs is 1. The lowest BCUT2D eigenvalue weighted by Gasteiger charge is -2.17. The van der Waals surface area contributed by atoms with Crippen LogP contribution in [0.2, 0.25) is 0 Å². The summed E-state index contributed by atoms with van der Waals surface area (Å²) >= 11 is 1.36. The predicted molar refractivity (Wildman–Crippen MR) is 189 cm³/mol. The van der Waals surface area contributed by atoms with Crippen molar-refractivity contribution in [3.05, 3.63) is 47.7 Å². The van der Waals surface area contributed by atoms with E-state index in [2.05, 4.69) is 19.8 Å². The number of amides is 3. The lowest BCUT2D eigenvalue weighted by Crippen LogP contribution is -2.35. The van der Waals surface area contributed by atoms with Gasteiger partial charge in [0.05, 0.1) is 36.1 Å². The average molecular weight is 761 g/mol. The van der Waals surface area contributed by atoms with Gasteiger partial charge in [0.1, 0.15) is 29.6 Å². The summed E-state index contributed by atoms with van der Waals surface area (Å²) in [5.41, 5.74) is 1.22. The van der Waals surface area contributed by atoms with Crippen molar-refractivity contribution in [1.82, 2.24) is 20.2 Å². The number of rotatable bonds is 21. The Hall–Kier alpha value is -4.57. The van der Waals surface area contributed by atoms with Crippen molar-refractivity contribution in [3.8, 4) is 23.1 Å². The van der Waals surface area contributed by atoms with E-state index in [9.17, 15) is 38.3 Å². The highest BCUT2D eigenvalue weighted by molar-refractivity contribution is 8.00. The number of hydrogen-bond acceptors (Lipinski definition) is 13. The zero-order valence-corrected chi connectivity index (χ0v) is 30.7. The third kappa shape index (κ3) is 11.2. The van der Waals surface area contributed by atoms with Crippen LogP contribution in [0, 0.1) is 0 Å². The molecule has 0 bridgehead atoms. The number of nitrogens with one attached hydrogen (secondary N) is 1. The summed E-state index contributed by atoms with van der Waals surface area (Å²) in [6.45, 7) is 1.68. The van der Waals surface area contributed by atoms with Crippen molar-refractivity contribution in [2.75, 3.05) is 33.1 Å². The van der Waals surface area contributed by atoms with E-state index < -0.39 is 18.9 Å². The fourth-order valence-corrected chi connectivity index (χ4v) is 6.79. The number of likely N-dealkylation sites (tertiary alicyclic amines) is 1. The second-order valence-electron chi connectivity index (χ2n) is 11.6. The van der Waals surface area contributed by atoms with Crippen LogP contribution in [0.4, 0.5) is 0 Å². The summed E-state index contributed by atoms with van der Waals surface area (Å²) in [6, 6.07) is 9.41. The number of para-hydroxylation sites is 2. The molecule has 3 N–H and O–H groups in total. The second-order valence-corrected chi connectivity index (χ2v) is 14.1. The number of methoxy groups -OCH3 is 2. The van der Waals surface area contributed by atoms with Gasteiger partial charge in [-0.2, -0.15) is 0 Å². The molecule has 3 amide bonds. The maximum absolute atomic E-state index is 13.4. The normalized spacial score (nSPS) is 14.4. The summed E-state index contributed by atoms with van der Waals surface area (Å²) in [5.74, 6) is -0.685. The number of phosphoric acid groups is 1. The Kier molecular flexibility index (Phi) is 14.5. The van der Waals surface area contributed by atoms with Gasteiger partial charge < -0.3 is 24.1 Å². The lowest BCUT2D eigenvalue weighted by molar-refractivity contribution is -0.138. The van der Waals surface area contributed by atoms with Crippen LogP contribution in [0.3, 0.4) is 0 Å². The number of nitrogens with zero attached hydrogens (tertiary/aromatic N) is 3. The molecule has 1 aliphatic rings. The third-order valence-corrected chi connectivity index (χ3v) is 9.69. The largest absolute Gasteiger partial charge is 0.524 e. The summed E-state index contributed by atoms with van der Waals surface area (Å²) in [4.78, 5) is 91.1. The van der Waals surface area contributed by atoms with Gasteiger partial charge in [-0.3, -0.25) is 38.7 Å². The molecule has 16 nitrogen and oxygen atoms in total. The van der Waals surface area contributed by atoms with Gasteiger partial charge in [-0.05, 0) is 30.7 Å². The molecule has 1 aromatic heterocycles. The number of thioether (sulfide) groups is 1. The maximum Gasteiger partial charge on any atom is 0.524 e. The molecule has 1 unspecified atom stereocenters. The van der Waals surface area contributed by atoms with Gasteiger partial charge in [-0.25, -0.2) is 14.5 Å². The number of carbonyl (C=O) groups is 5. The van der Waals surface area contributed by atoms with Crippen LogP contribution in [0.5, 0.6) is 23.1 Å². The Bertz CT molecular complexity index is 1830. The number of imide groups is 1. The van der Waals surface area contributed by atoms with Gasteiger partial charge in [0.2, 0.25) is 23.6 Å². The third-order valence-electron chi connectivity index (χ3n) is 7.94. The topological polar surface area (TPSA) is 221 Å². The average Bonchev–Trinajstić information content (AvgIpc) is 3.39. The smallest absolute Gasteiger partial charge is 0.496 e. The number of benzene rings is 2. The molecule has 4 rings (SSSR count). The molecule has 1 saturated heterocycles. The van der Waals surface area contributed by atoms with Crippen molar-refractivity contribution in [2.24, 2.45) is 0 Å². The molecule has 2 heterocycles. The van der Waals surface area contributed by atoms with E-state index in [1.807, 2.05) is 0 Å². The first-order chi connectivity index (χ1) is 24.8. The van der Waals surface area contributed by atoms with E-state index in [1.54, 1.807) is 31.2 Å². The number of phosphoric ester groups is 1. The van der Waals surface area contributed by atoms with Crippen molar-refractivity contribution < 1.29 is 57.1 Å². The van der Waals surface area contributed by atoms with Crippen molar-refractivity contribution in [3.63, 3.8) is 0 Å². The minimum Gasteiger partial charge on any atom is -0.496 e. The Balaban J connectivity index is 1.32. The minimum atomic E-state index is -4.86. The SMILES string of the molecule is CCC(=O)CCCSC1CC(=O)N(CCC(=O)NCCCC(=O)c2nc3ccccc3nc2OCc2c(OC)cc(OP(=O)(O)O)cc2OC)C1=O. The van der Waals surface area contributed by atoms with Crippen LogP contribution in [-0.2, 0) is 30.4 Å². The van der Waals surface area contributed by atoms with E-state index in [4.69, 9.17) is 14.2 Å². The standard InChI is InChI=1S/C34H41N4O12PS/c1-4-21(39)9-8-16-52-29-19-31(42)38(34(29)43)15-13-30(41)35-14-7-12-26(40)32-33(37-25-11-6-5-10-24(25)36-32)49-20-23-27(47-2)17-22(18-28(23)48-3)50-51(44,45)46/h5-6,10-11,17-18,29H,4,7-9,12-16,19-20H2,1-3H3,(H,35,41)(H2,44,45,46). The number of aromatic nitrogens is 2. The fourth-order valence-electron chi connectivity index (χ4n) is 5.29. The molecule has 1 fully saturated rings. The molecule has 18 heteroatoms. The van der Waals surface area contributed by atoms with Crippen molar-refractivity contribution >= 4 is 59.9 Å². The van der Waals surface area contributed by atoms with Gasteiger partial charge >= 0.3 is 7.82 Å². The summed E-state index contributed by atoms with van der Waals surface area (Å²) < 4.78 is 32.8. The molecule has 1 aliphatic heterocycles. The van der Waals surface area contributed by atoms with Crippen LogP contribution >= 0.6 is 19.6 Å². The Morgan fingerprint density at radius 3 is 2.31 bits per heavy atom. The van der Waals surface area contributed by atoms with E-state index in [0.717, 1.165) is 4.90 Å². The second kappa shape index (κ2) is 18.8. The van der Waals surface area contributed by atoms with Crippen LogP contribution in [-0.4, -0.2) is 92.3 Å². The van der Waals surface area contributed by atoms with E-state index >= 15 is 0 Å². The molecule has 0 saturated carbocycles. The van der Waals surface area contributed by atoms with Crippen molar-refractivity contribution in [2.45, 2.75) is 63.7 Å². The molecule has 3 aromatic rings. The Labute approximate surface area is 304 Å². The van der Waals surface area contributed by atoms with Gasteiger partial charge in [-0.1, -0.05) is 19.1 Å². The van der Waals surface area contributed by atoms with Crippen molar-refractivity contribution in [1.29, 1.82) is 0 Å². The molecule has 1 atom stereocenters. The van der Waals surface area contributed by atoms with E-state index in [0.29, 0.717) is 41.6 Å². The van der Waals surface area contributed by atoms with E-state index in [1.165, 1.54) is 38.1 Å². The minimum absolute atomic E-state index is 0.0173. The van der Waals surface area contributed by atoms with Crippen LogP contribution in [0.15, 0.2) is 36.4 Å². The number of ketones is 2.